The number of hydrogen-bond donors (Lipinski definition) is 1. The average molecular weight is 447 g/mol. The first kappa shape index (κ1) is 25.8. The molecule has 1 saturated carbocycles. The van der Waals surface area contributed by atoms with E-state index in [9.17, 15) is 14.9 Å². The van der Waals surface area contributed by atoms with Crippen LogP contribution in [0.3, 0.4) is 0 Å². The molecule has 2 rings (SSSR count). The van der Waals surface area contributed by atoms with Crippen LogP contribution in [0.15, 0.2) is 36.9 Å². The average Bonchev–Trinajstić information content (AvgIpc) is 2.79. The minimum Gasteiger partial charge on any atom is -0.378 e. The maximum atomic E-state index is 12.5. The van der Waals surface area contributed by atoms with Crippen LogP contribution in [-0.2, 0) is 4.74 Å². The van der Waals surface area contributed by atoms with Gasteiger partial charge in [0, 0.05) is 44.1 Å². The van der Waals surface area contributed by atoms with Gasteiger partial charge < -0.3 is 19.9 Å². The largest absolute Gasteiger partial charge is 0.378 e. The van der Waals surface area contributed by atoms with Crippen LogP contribution in [0, 0.1) is 10.1 Å². The smallest absolute Gasteiger partial charge is 0.321 e. The first-order chi connectivity index (χ1) is 15.4. The number of rotatable bonds is 13. The number of urea groups is 1. The summed E-state index contributed by atoms with van der Waals surface area (Å²) in [7, 11) is 3.93. The Morgan fingerprint density at radius 3 is 2.44 bits per heavy atom. The summed E-state index contributed by atoms with van der Waals surface area (Å²) in [6.45, 7) is 6.63. The van der Waals surface area contributed by atoms with Crippen LogP contribution in [-0.4, -0.2) is 66.7 Å². The number of nitro groups is 1. The van der Waals surface area contributed by atoms with E-state index in [-0.39, 0.29) is 23.9 Å². The van der Waals surface area contributed by atoms with Crippen LogP contribution in [0.2, 0.25) is 0 Å². The highest BCUT2D eigenvalue weighted by molar-refractivity contribution is 5.89. The zero-order chi connectivity index (χ0) is 23.3. The quantitative estimate of drug-likeness (QED) is 0.198. The summed E-state index contributed by atoms with van der Waals surface area (Å²) in [5.74, 6) is 0. The van der Waals surface area contributed by atoms with E-state index in [1.54, 1.807) is 24.1 Å². The van der Waals surface area contributed by atoms with Crippen molar-refractivity contribution < 1.29 is 14.5 Å². The number of carbonyl (C=O) groups is 1. The van der Waals surface area contributed by atoms with Crippen LogP contribution in [0.5, 0.6) is 0 Å². The molecule has 32 heavy (non-hydrogen) atoms. The summed E-state index contributed by atoms with van der Waals surface area (Å²) in [6.07, 6.45) is 10.7. The van der Waals surface area contributed by atoms with Crippen LogP contribution < -0.4 is 5.32 Å². The summed E-state index contributed by atoms with van der Waals surface area (Å²) in [5.41, 5.74) is 0.558. The first-order valence-electron chi connectivity index (χ1n) is 11.6. The molecule has 0 atom stereocenters. The van der Waals surface area contributed by atoms with E-state index in [2.05, 4.69) is 23.8 Å². The molecule has 0 unspecified atom stereocenters. The number of nitrogens with zero attached hydrogens (tertiary/aromatic N) is 3. The van der Waals surface area contributed by atoms with Crippen LogP contribution in [0.25, 0.3) is 0 Å². The molecular formula is C24H38N4O4. The maximum Gasteiger partial charge on any atom is 0.321 e. The monoisotopic (exact) mass is 446 g/mol. The van der Waals surface area contributed by atoms with Gasteiger partial charge in [0.2, 0.25) is 0 Å². The number of unbranched alkanes of at least 4 members (excludes halogenated alkanes) is 3. The highest BCUT2D eigenvalue weighted by Crippen LogP contribution is 2.25. The molecule has 1 aromatic carbocycles. The SMILES string of the molecule is C=CCN(C)CCCCCCOC1CCC(N(C)C(=O)Nc2ccc([N+](=O)[O-])cc2)CC1. The van der Waals surface area contributed by atoms with E-state index in [0.717, 1.165) is 51.8 Å². The van der Waals surface area contributed by atoms with Gasteiger partial charge in [-0.15, -0.1) is 6.58 Å². The number of ether oxygens (including phenoxy) is 1. The number of non-ortho nitro benzene ring substituents is 1. The van der Waals surface area contributed by atoms with Crippen molar-refractivity contribution in [2.45, 2.75) is 63.5 Å². The normalized spacial score (nSPS) is 18.3. The molecule has 178 valence electrons. The number of anilines is 1. The lowest BCUT2D eigenvalue weighted by Crippen LogP contribution is -2.42. The van der Waals surface area contributed by atoms with E-state index in [1.807, 2.05) is 6.08 Å². The van der Waals surface area contributed by atoms with Crippen molar-refractivity contribution in [2.75, 3.05) is 39.1 Å². The van der Waals surface area contributed by atoms with Crippen molar-refractivity contribution in [3.8, 4) is 0 Å². The minimum absolute atomic E-state index is 0.00537. The molecule has 1 aliphatic carbocycles. The molecule has 0 bridgehead atoms. The topological polar surface area (TPSA) is 88.0 Å². The molecule has 0 radical (unpaired) electrons. The molecule has 0 aromatic heterocycles. The molecule has 1 aromatic rings. The van der Waals surface area contributed by atoms with Gasteiger partial charge in [-0.05, 0) is 64.3 Å². The molecule has 8 heteroatoms. The van der Waals surface area contributed by atoms with Gasteiger partial charge in [0.1, 0.15) is 0 Å². The van der Waals surface area contributed by atoms with Gasteiger partial charge in [0.05, 0.1) is 11.0 Å². The Labute approximate surface area is 191 Å². The van der Waals surface area contributed by atoms with Crippen molar-refractivity contribution in [3.63, 3.8) is 0 Å². The third-order valence-corrected chi connectivity index (χ3v) is 6.07. The van der Waals surface area contributed by atoms with Crippen molar-refractivity contribution >= 4 is 17.4 Å². The Morgan fingerprint density at radius 2 is 1.81 bits per heavy atom. The molecule has 0 aliphatic heterocycles. The molecule has 8 nitrogen and oxygen atoms in total. The highest BCUT2D eigenvalue weighted by Gasteiger charge is 2.27. The summed E-state index contributed by atoms with van der Waals surface area (Å²) in [4.78, 5) is 26.8. The second-order valence-electron chi connectivity index (χ2n) is 8.61. The summed E-state index contributed by atoms with van der Waals surface area (Å²) >= 11 is 0. The van der Waals surface area contributed by atoms with Gasteiger partial charge in [-0.3, -0.25) is 10.1 Å². The lowest BCUT2D eigenvalue weighted by atomic mass is 9.92. The third kappa shape index (κ3) is 8.96. The lowest BCUT2D eigenvalue weighted by molar-refractivity contribution is -0.384. The Morgan fingerprint density at radius 1 is 1.16 bits per heavy atom. The highest BCUT2D eigenvalue weighted by atomic mass is 16.6. The lowest BCUT2D eigenvalue weighted by Gasteiger charge is -2.34. The number of likely N-dealkylation sites (N-methyl/N-ethyl adjacent to an activating group) is 1. The van der Waals surface area contributed by atoms with E-state index in [0.29, 0.717) is 5.69 Å². The molecule has 0 saturated heterocycles. The van der Waals surface area contributed by atoms with Crippen molar-refractivity contribution in [2.24, 2.45) is 0 Å². The Kier molecular flexibility index (Phi) is 11.2. The second kappa shape index (κ2) is 13.9. The van der Waals surface area contributed by atoms with Crippen molar-refractivity contribution in [1.82, 2.24) is 9.80 Å². The number of benzene rings is 1. The van der Waals surface area contributed by atoms with E-state index in [4.69, 9.17) is 4.74 Å². The molecular weight excluding hydrogens is 408 g/mol. The molecule has 1 fully saturated rings. The van der Waals surface area contributed by atoms with Crippen LogP contribution in [0.4, 0.5) is 16.2 Å². The standard InChI is InChI=1S/C24H38N4O4/c1-4-17-26(2)18-7-5-6-8-19-32-23-15-13-21(14-16-23)27(3)24(29)25-20-9-11-22(12-10-20)28(30)31/h4,9-12,21,23H,1,5-8,13-19H2,2-3H3,(H,25,29). The van der Waals surface area contributed by atoms with Gasteiger partial charge in [0.25, 0.3) is 5.69 Å². The van der Waals surface area contributed by atoms with Gasteiger partial charge in [-0.2, -0.15) is 0 Å². The molecule has 0 heterocycles. The zero-order valence-corrected chi connectivity index (χ0v) is 19.5. The van der Waals surface area contributed by atoms with Gasteiger partial charge in [0.15, 0.2) is 0 Å². The van der Waals surface area contributed by atoms with Crippen LogP contribution >= 0.6 is 0 Å². The van der Waals surface area contributed by atoms with E-state index in [1.165, 1.54) is 31.4 Å². The third-order valence-electron chi connectivity index (χ3n) is 6.07. The number of hydrogen-bond acceptors (Lipinski definition) is 5. The number of nitrogens with one attached hydrogen (secondary N) is 1. The number of amides is 2. The molecule has 1 aliphatic rings. The minimum atomic E-state index is -0.456. The first-order valence-corrected chi connectivity index (χ1v) is 11.6. The number of nitro benzene ring substituents is 1. The number of carbonyl (C=O) groups excluding carboxylic acids is 1. The van der Waals surface area contributed by atoms with Crippen molar-refractivity contribution in [1.29, 1.82) is 0 Å². The predicted molar refractivity (Wildman–Crippen MR) is 128 cm³/mol. The summed E-state index contributed by atoms with van der Waals surface area (Å²) in [5, 5.41) is 13.6. The summed E-state index contributed by atoms with van der Waals surface area (Å²) < 4.78 is 6.07. The Hall–Kier alpha value is -2.45. The fraction of sp³-hybridized carbons (Fsp3) is 0.625. The van der Waals surface area contributed by atoms with E-state index < -0.39 is 4.92 Å². The Balaban J connectivity index is 1.59. The van der Waals surface area contributed by atoms with Crippen molar-refractivity contribution in [3.05, 3.63) is 47.0 Å². The fourth-order valence-electron chi connectivity index (χ4n) is 4.04. The molecule has 2 amide bonds. The zero-order valence-electron chi connectivity index (χ0n) is 19.5. The van der Waals surface area contributed by atoms with Gasteiger partial charge >= 0.3 is 6.03 Å². The fourth-order valence-corrected chi connectivity index (χ4v) is 4.04. The molecule has 0 spiro atoms. The van der Waals surface area contributed by atoms with E-state index >= 15 is 0 Å². The predicted octanol–water partition coefficient (Wildman–Crippen LogP) is 5.06. The summed E-state index contributed by atoms with van der Waals surface area (Å²) in [6, 6.07) is 5.86. The maximum absolute atomic E-state index is 12.5. The Bertz CT molecular complexity index is 717. The van der Waals surface area contributed by atoms with Crippen LogP contribution in [0.1, 0.15) is 51.4 Å². The van der Waals surface area contributed by atoms with Gasteiger partial charge in [-0.25, -0.2) is 4.79 Å². The molecule has 1 N–H and O–H groups in total. The second-order valence-corrected chi connectivity index (χ2v) is 8.61. The van der Waals surface area contributed by atoms with Gasteiger partial charge in [-0.1, -0.05) is 18.9 Å².